The van der Waals surface area contributed by atoms with Crippen molar-refractivity contribution >= 4 is 75.1 Å². The van der Waals surface area contributed by atoms with Gasteiger partial charge in [0.05, 0.1) is 23.3 Å². The molecule has 1 aliphatic carbocycles. The van der Waals surface area contributed by atoms with Crippen LogP contribution in [0.25, 0.3) is 17.0 Å². The van der Waals surface area contributed by atoms with Gasteiger partial charge < -0.3 is 36.0 Å². The van der Waals surface area contributed by atoms with Crippen molar-refractivity contribution in [3.05, 3.63) is 64.6 Å². The Morgan fingerprint density at radius 3 is 2.64 bits per heavy atom. The summed E-state index contributed by atoms with van der Waals surface area (Å²) in [5.74, 6) is 0.422. The molecule has 6 N–H and O–H groups in total. The Bertz CT molecular complexity index is 2080. The molecule has 1 saturated carbocycles. The van der Waals surface area contributed by atoms with Crippen LogP contribution in [-0.4, -0.2) is 82.1 Å². The van der Waals surface area contributed by atoms with Crippen LogP contribution in [0.2, 0.25) is 5.02 Å². The Morgan fingerprint density at radius 1 is 1.08 bits per heavy atom. The number of amides is 3. The fraction of sp³-hybridized carbons (Fsp3) is 0.405. The molecule has 1 saturated heterocycles. The number of likely N-dealkylation sites (N-methyl/N-ethyl adjacent to an activating group) is 2. The molecule has 4 aromatic rings. The molecular formula is C37H43ClN10O5. The second-order valence-electron chi connectivity index (χ2n) is 13.8. The summed E-state index contributed by atoms with van der Waals surface area (Å²) in [6.07, 6.45) is 7.16. The molecule has 2 atom stereocenters. The Morgan fingerprint density at radius 2 is 1.87 bits per heavy atom. The third-order valence-electron chi connectivity index (χ3n) is 10.2. The summed E-state index contributed by atoms with van der Waals surface area (Å²) in [5, 5.41) is 32.0. The molecule has 3 aliphatic rings. The molecule has 16 heteroatoms. The van der Waals surface area contributed by atoms with Crippen LogP contribution in [0.1, 0.15) is 55.7 Å². The number of aliphatic hydroxyl groups excluding tert-OH is 1. The van der Waals surface area contributed by atoms with Crippen LogP contribution < -0.4 is 31.5 Å². The average Bonchev–Trinajstić information content (AvgIpc) is 3.47. The first-order chi connectivity index (χ1) is 25.6. The van der Waals surface area contributed by atoms with E-state index in [1.807, 2.05) is 37.4 Å². The molecule has 3 amide bonds. The van der Waals surface area contributed by atoms with Crippen molar-refractivity contribution in [1.82, 2.24) is 30.4 Å². The zero-order valence-corrected chi connectivity index (χ0v) is 30.5. The molecule has 2 aromatic carbocycles. The molecule has 2 aliphatic heterocycles. The van der Waals surface area contributed by atoms with Crippen LogP contribution in [-0.2, 0) is 26.2 Å². The van der Waals surface area contributed by atoms with Gasteiger partial charge in [-0.1, -0.05) is 11.6 Å². The molecule has 4 heterocycles. The SMILES string of the molecule is CNC(=O)COC1=Cc2cc(Nc3nc(NC[C@H]4CC[C@@H](Nc5ccc6c(C7CCC(=O)NC7=O)nn(C)c6c5)CC4)ncc3Cl)ccc2N(C)C1O. The molecule has 0 spiro atoms. The first-order valence-electron chi connectivity index (χ1n) is 17.8. The summed E-state index contributed by atoms with van der Waals surface area (Å²) >= 11 is 6.49. The number of halogens is 1. The van der Waals surface area contributed by atoms with E-state index in [0.717, 1.165) is 65.8 Å². The summed E-state index contributed by atoms with van der Waals surface area (Å²) in [4.78, 5) is 46.6. The van der Waals surface area contributed by atoms with Gasteiger partial charge in [0.2, 0.25) is 17.8 Å². The second-order valence-corrected chi connectivity index (χ2v) is 14.2. The number of nitrogens with one attached hydrogen (secondary N) is 5. The Hall–Kier alpha value is -5.41. The number of aliphatic hydroxyl groups is 1. The zero-order chi connectivity index (χ0) is 37.2. The Labute approximate surface area is 311 Å². The van der Waals surface area contributed by atoms with E-state index in [1.165, 1.54) is 7.05 Å². The number of carbonyl (C=O) groups is 3. The lowest BCUT2D eigenvalue weighted by Crippen LogP contribution is -2.39. The largest absolute Gasteiger partial charge is 0.483 e. The van der Waals surface area contributed by atoms with Crippen molar-refractivity contribution in [3.63, 3.8) is 0 Å². The third-order valence-corrected chi connectivity index (χ3v) is 10.5. The van der Waals surface area contributed by atoms with Gasteiger partial charge in [-0.05, 0) is 80.5 Å². The zero-order valence-electron chi connectivity index (χ0n) is 29.8. The number of imide groups is 1. The monoisotopic (exact) mass is 742 g/mol. The van der Waals surface area contributed by atoms with E-state index >= 15 is 0 Å². The van der Waals surface area contributed by atoms with Crippen molar-refractivity contribution in [2.24, 2.45) is 13.0 Å². The minimum atomic E-state index is -1.02. The van der Waals surface area contributed by atoms with E-state index in [2.05, 4.69) is 47.7 Å². The molecule has 0 radical (unpaired) electrons. The predicted molar refractivity (Wildman–Crippen MR) is 203 cm³/mol. The number of piperidine rings is 1. The van der Waals surface area contributed by atoms with Crippen LogP contribution in [0.5, 0.6) is 0 Å². The highest BCUT2D eigenvalue weighted by Crippen LogP contribution is 2.36. The minimum absolute atomic E-state index is 0.202. The molecule has 15 nitrogen and oxygen atoms in total. The lowest BCUT2D eigenvalue weighted by molar-refractivity contribution is -0.134. The number of anilines is 5. The van der Waals surface area contributed by atoms with E-state index in [-0.39, 0.29) is 30.1 Å². The van der Waals surface area contributed by atoms with Gasteiger partial charge in [-0.15, -0.1) is 0 Å². The first kappa shape index (κ1) is 36.0. The standard InChI is InChI=1S/C37H43ClN10O5/c1-39-32(50)19-53-30-15-21-14-23(9-12-28(21)47(2)36(30)52)43-34-27(38)18-41-37(45-34)40-17-20-4-6-22(7-5-20)42-24-8-10-25-29(16-24)48(3)46-33(25)26-11-13-31(49)44-35(26)51/h8-10,12,14-16,18,20,22,26,36,42,52H,4-7,11,13,17,19H2,1-3H3,(H,39,50)(H,44,49,51)(H2,40,41,43,45)/t20-,22+,26?,36?. The van der Waals surface area contributed by atoms with Crippen LogP contribution in [0.15, 0.2) is 48.4 Å². The average molecular weight is 743 g/mol. The number of benzene rings is 2. The van der Waals surface area contributed by atoms with Crippen molar-refractivity contribution < 1.29 is 24.2 Å². The number of nitrogens with zero attached hydrogens (tertiary/aromatic N) is 5. The maximum Gasteiger partial charge on any atom is 0.257 e. The smallest absolute Gasteiger partial charge is 0.257 e. The van der Waals surface area contributed by atoms with Crippen molar-refractivity contribution in [3.8, 4) is 0 Å². The van der Waals surface area contributed by atoms with E-state index in [4.69, 9.17) is 16.3 Å². The fourth-order valence-electron chi connectivity index (χ4n) is 7.20. The van der Waals surface area contributed by atoms with Crippen molar-refractivity contribution in [2.75, 3.05) is 48.1 Å². The maximum atomic E-state index is 12.5. The summed E-state index contributed by atoms with van der Waals surface area (Å²) < 4.78 is 7.39. The first-order valence-corrected chi connectivity index (χ1v) is 18.1. The van der Waals surface area contributed by atoms with Crippen molar-refractivity contribution in [1.29, 1.82) is 0 Å². The Kier molecular flexibility index (Phi) is 10.4. The van der Waals surface area contributed by atoms with E-state index in [9.17, 15) is 19.5 Å². The molecule has 2 unspecified atom stereocenters. The van der Waals surface area contributed by atoms with Gasteiger partial charge in [-0.2, -0.15) is 10.1 Å². The number of aromatic nitrogens is 4. The summed E-state index contributed by atoms with van der Waals surface area (Å²) in [5.41, 5.74) is 4.99. The van der Waals surface area contributed by atoms with Gasteiger partial charge in [0, 0.05) is 68.2 Å². The van der Waals surface area contributed by atoms with Crippen LogP contribution in [0, 0.1) is 5.92 Å². The number of fused-ring (bicyclic) bond motifs is 2. The molecule has 2 fully saturated rings. The van der Waals surface area contributed by atoms with E-state index in [1.54, 1.807) is 28.9 Å². The van der Waals surface area contributed by atoms with Crippen molar-refractivity contribution in [2.45, 2.75) is 56.7 Å². The summed E-state index contributed by atoms with van der Waals surface area (Å²) in [6, 6.07) is 12.1. The van der Waals surface area contributed by atoms with Crippen LogP contribution in [0.4, 0.5) is 28.8 Å². The normalized spacial score (nSPS) is 21.4. The maximum absolute atomic E-state index is 12.5. The predicted octanol–water partition coefficient (Wildman–Crippen LogP) is 4.24. The molecule has 53 heavy (non-hydrogen) atoms. The summed E-state index contributed by atoms with van der Waals surface area (Å²) in [6.45, 7) is 0.529. The minimum Gasteiger partial charge on any atom is -0.483 e. The number of carbonyl (C=O) groups excluding carboxylic acids is 3. The lowest BCUT2D eigenvalue weighted by atomic mass is 9.86. The quantitative estimate of drug-likeness (QED) is 0.120. The third kappa shape index (κ3) is 7.86. The number of rotatable bonds is 11. The summed E-state index contributed by atoms with van der Waals surface area (Å²) in [7, 11) is 5.16. The number of hydrogen-bond donors (Lipinski definition) is 6. The molecule has 278 valence electrons. The Balaban J connectivity index is 0.928. The van der Waals surface area contributed by atoms with Gasteiger partial charge in [0.1, 0.15) is 10.8 Å². The van der Waals surface area contributed by atoms with Gasteiger partial charge in [0.15, 0.2) is 18.7 Å². The highest BCUT2D eigenvalue weighted by molar-refractivity contribution is 6.32. The fourth-order valence-corrected chi connectivity index (χ4v) is 7.34. The van der Waals surface area contributed by atoms with Crippen LogP contribution in [0.3, 0.4) is 0 Å². The van der Waals surface area contributed by atoms with Gasteiger partial charge in [-0.3, -0.25) is 24.4 Å². The highest BCUT2D eigenvalue weighted by Gasteiger charge is 2.32. The molecule has 0 bridgehead atoms. The number of hydrogen-bond acceptors (Lipinski definition) is 12. The number of aryl methyl sites for hydroxylation is 1. The molecule has 2 aromatic heterocycles. The highest BCUT2D eigenvalue weighted by atomic mass is 35.5. The van der Waals surface area contributed by atoms with Crippen LogP contribution >= 0.6 is 11.6 Å². The van der Waals surface area contributed by atoms with E-state index < -0.39 is 12.1 Å². The van der Waals surface area contributed by atoms with Gasteiger partial charge in [-0.25, -0.2) is 4.98 Å². The molecular weight excluding hydrogens is 700 g/mol. The lowest BCUT2D eigenvalue weighted by Gasteiger charge is -2.32. The van der Waals surface area contributed by atoms with Gasteiger partial charge in [0.25, 0.3) is 5.91 Å². The number of ether oxygens (including phenoxy) is 1. The van der Waals surface area contributed by atoms with Gasteiger partial charge >= 0.3 is 0 Å². The topological polar surface area (TPSA) is 188 Å². The second kappa shape index (κ2) is 15.3. The molecule has 7 rings (SSSR count). The van der Waals surface area contributed by atoms with E-state index in [0.29, 0.717) is 47.3 Å².